The number of H-pyrrole nitrogens is 1. The van der Waals surface area contributed by atoms with E-state index in [0.29, 0.717) is 19.3 Å². The van der Waals surface area contributed by atoms with Crippen molar-refractivity contribution in [1.82, 2.24) is 9.88 Å². The number of para-hydroxylation sites is 1. The zero-order chi connectivity index (χ0) is 19.0. The SMILES string of the molecule is COC(=O)[C@]1(c2cc3ccccc3[nH]2)CCC=C2CCC(=O)N(CCO)[C@@H]21. The van der Waals surface area contributed by atoms with Crippen LogP contribution in [-0.2, 0) is 19.7 Å². The Balaban J connectivity index is 1.93. The van der Waals surface area contributed by atoms with Gasteiger partial charge in [0.2, 0.25) is 5.91 Å². The minimum atomic E-state index is -0.997. The van der Waals surface area contributed by atoms with Crippen molar-refractivity contribution in [3.63, 3.8) is 0 Å². The van der Waals surface area contributed by atoms with Gasteiger partial charge >= 0.3 is 5.97 Å². The Labute approximate surface area is 157 Å². The molecule has 2 aromatic rings. The van der Waals surface area contributed by atoms with E-state index in [9.17, 15) is 14.7 Å². The minimum Gasteiger partial charge on any atom is -0.468 e. The number of amides is 1. The van der Waals surface area contributed by atoms with Gasteiger partial charge in [-0.05, 0) is 42.4 Å². The van der Waals surface area contributed by atoms with Crippen molar-refractivity contribution >= 4 is 22.8 Å². The van der Waals surface area contributed by atoms with Crippen LogP contribution in [0.15, 0.2) is 42.0 Å². The Morgan fingerprint density at radius 1 is 1.37 bits per heavy atom. The topological polar surface area (TPSA) is 82.6 Å². The number of hydrogen-bond acceptors (Lipinski definition) is 4. The van der Waals surface area contributed by atoms with Crippen LogP contribution in [0.3, 0.4) is 0 Å². The van der Waals surface area contributed by atoms with Gasteiger partial charge in [0.15, 0.2) is 0 Å². The third-order valence-electron chi connectivity index (χ3n) is 5.92. The van der Waals surface area contributed by atoms with Crippen LogP contribution in [0.25, 0.3) is 10.9 Å². The summed E-state index contributed by atoms with van der Waals surface area (Å²) in [6, 6.07) is 9.44. The number of aliphatic hydroxyl groups excluding tert-OH is 1. The number of benzene rings is 1. The molecule has 0 bridgehead atoms. The summed E-state index contributed by atoms with van der Waals surface area (Å²) in [5.74, 6) is -0.375. The van der Waals surface area contributed by atoms with Crippen LogP contribution in [0, 0.1) is 0 Å². The first-order chi connectivity index (χ1) is 13.1. The predicted molar refractivity (Wildman–Crippen MR) is 101 cm³/mol. The fourth-order valence-corrected chi connectivity index (χ4v) is 4.76. The second kappa shape index (κ2) is 6.85. The molecule has 1 aliphatic heterocycles. The second-order valence-electron chi connectivity index (χ2n) is 7.26. The van der Waals surface area contributed by atoms with Crippen molar-refractivity contribution in [3.05, 3.63) is 47.7 Å². The van der Waals surface area contributed by atoms with E-state index in [1.165, 1.54) is 7.11 Å². The van der Waals surface area contributed by atoms with E-state index in [-0.39, 0.29) is 25.0 Å². The fourth-order valence-electron chi connectivity index (χ4n) is 4.76. The fraction of sp³-hybridized carbons (Fsp3) is 0.429. The van der Waals surface area contributed by atoms with Gasteiger partial charge in [0.1, 0.15) is 5.41 Å². The van der Waals surface area contributed by atoms with Gasteiger partial charge in [-0.3, -0.25) is 9.59 Å². The first-order valence-electron chi connectivity index (χ1n) is 9.37. The summed E-state index contributed by atoms with van der Waals surface area (Å²) in [7, 11) is 1.39. The summed E-state index contributed by atoms with van der Waals surface area (Å²) in [5, 5.41) is 10.6. The number of esters is 1. The third-order valence-corrected chi connectivity index (χ3v) is 5.92. The normalized spacial score (nSPS) is 25.3. The van der Waals surface area contributed by atoms with Crippen LogP contribution in [0.1, 0.15) is 31.4 Å². The van der Waals surface area contributed by atoms with Crippen molar-refractivity contribution in [2.45, 2.75) is 37.1 Å². The highest BCUT2D eigenvalue weighted by Crippen LogP contribution is 2.46. The Kier molecular flexibility index (Phi) is 4.52. The van der Waals surface area contributed by atoms with Gasteiger partial charge in [0.25, 0.3) is 0 Å². The lowest BCUT2D eigenvalue weighted by atomic mass is 9.65. The van der Waals surface area contributed by atoms with E-state index in [1.54, 1.807) is 4.90 Å². The van der Waals surface area contributed by atoms with Gasteiger partial charge in [0.05, 0.1) is 19.8 Å². The number of β-amino-alcohol motifs (C(OH)–C–C–N with tert-alkyl or cyclic N) is 1. The Morgan fingerprint density at radius 2 is 2.19 bits per heavy atom. The molecular weight excluding hydrogens is 344 g/mol. The largest absolute Gasteiger partial charge is 0.468 e. The molecule has 2 aliphatic rings. The zero-order valence-corrected chi connectivity index (χ0v) is 15.4. The summed E-state index contributed by atoms with van der Waals surface area (Å²) < 4.78 is 5.27. The van der Waals surface area contributed by atoms with Crippen molar-refractivity contribution in [2.24, 2.45) is 0 Å². The molecule has 2 N–H and O–H groups in total. The quantitative estimate of drug-likeness (QED) is 0.641. The summed E-state index contributed by atoms with van der Waals surface area (Å²) in [6.45, 7) is 0.0687. The van der Waals surface area contributed by atoms with Crippen molar-refractivity contribution in [1.29, 1.82) is 0 Å². The summed E-state index contributed by atoms with van der Waals surface area (Å²) in [6.07, 6.45) is 4.50. The maximum Gasteiger partial charge on any atom is 0.320 e. The molecule has 6 nitrogen and oxygen atoms in total. The molecule has 0 radical (unpaired) electrons. The van der Waals surface area contributed by atoms with Crippen LogP contribution in [0.2, 0.25) is 0 Å². The molecule has 1 aromatic carbocycles. The summed E-state index contributed by atoms with van der Waals surface area (Å²) in [4.78, 5) is 30.9. The predicted octanol–water partition coefficient (Wildman–Crippen LogP) is 2.28. The number of likely N-dealkylation sites (tertiary alicyclic amines) is 1. The molecular formula is C21H24N2O4. The molecule has 1 aliphatic carbocycles. The van der Waals surface area contributed by atoms with E-state index >= 15 is 0 Å². The minimum absolute atomic E-state index is 0.0301. The van der Waals surface area contributed by atoms with E-state index in [0.717, 1.165) is 28.6 Å². The number of carbonyl (C=O) groups excluding carboxylic acids is 2. The number of ether oxygens (including phenoxy) is 1. The molecule has 2 atom stereocenters. The van der Waals surface area contributed by atoms with Crippen molar-refractivity contribution in [3.8, 4) is 0 Å². The number of piperidine rings is 1. The van der Waals surface area contributed by atoms with Gasteiger partial charge in [-0.2, -0.15) is 0 Å². The highest BCUT2D eigenvalue weighted by Gasteiger charge is 2.56. The lowest BCUT2D eigenvalue weighted by Crippen LogP contribution is -2.61. The molecule has 27 heavy (non-hydrogen) atoms. The number of methoxy groups -OCH3 is 1. The number of allylic oxidation sites excluding steroid dienone is 1. The monoisotopic (exact) mass is 368 g/mol. The smallest absolute Gasteiger partial charge is 0.320 e. The molecule has 1 saturated heterocycles. The molecule has 1 aromatic heterocycles. The van der Waals surface area contributed by atoms with Gasteiger partial charge in [0, 0.05) is 24.2 Å². The Morgan fingerprint density at radius 3 is 2.93 bits per heavy atom. The number of aliphatic hydroxyl groups is 1. The number of rotatable bonds is 4. The number of fused-ring (bicyclic) bond motifs is 2. The van der Waals surface area contributed by atoms with E-state index in [1.807, 2.05) is 30.3 Å². The molecule has 6 heteroatoms. The Hall–Kier alpha value is -2.60. The number of aromatic nitrogens is 1. The van der Waals surface area contributed by atoms with Gasteiger partial charge in [-0.15, -0.1) is 0 Å². The number of nitrogens with zero attached hydrogens (tertiary/aromatic N) is 1. The molecule has 1 amide bonds. The van der Waals surface area contributed by atoms with Crippen LogP contribution >= 0.6 is 0 Å². The zero-order valence-electron chi connectivity index (χ0n) is 15.4. The number of aromatic amines is 1. The van der Waals surface area contributed by atoms with Gasteiger partial charge in [-0.25, -0.2) is 0 Å². The van der Waals surface area contributed by atoms with Crippen LogP contribution in [0.4, 0.5) is 0 Å². The van der Waals surface area contributed by atoms with Crippen molar-refractivity contribution in [2.75, 3.05) is 20.3 Å². The summed E-state index contributed by atoms with van der Waals surface area (Å²) >= 11 is 0. The molecule has 0 unspecified atom stereocenters. The number of nitrogens with one attached hydrogen (secondary N) is 1. The lowest BCUT2D eigenvalue weighted by molar-refractivity contribution is -0.154. The maximum absolute atomic E-state index is 13.2. The first-order valence-corrected chi connectivity index (χ1v) is 9.37. The third kappa shape index (κ3) is 2.67. The molecule has 142 valence electrons. The van der Waals surface area contributed by atoms with E-state index < -0.39 is 11.5 Å². The van der Waals surface area contributed by atoms with Crippen molar-refractivity contribution < 1.29 is 19.4 Å². The van der Waals surface area contributed by atoms with Gasteiger partial charge in [-0.1, -0.05) is 24.3 Å². The average molecular weight is 368 g/mol. The van der Waals surface area contributed by atoms with Crippen LogP contribution < -0.4 is 0 Å². The highest BCUT2D eigenvalue weighted by atomic mass is 16.5. The molecule has 2 heterocycles. The average Bonchev–Trinajstić information content (AvgIpc) is 3.13. The van der Waals surface area contributed by atoms with Crippen LogP contribution in [0.5, 0.6) is 0 Å². The first kappa shape index (κ1) is 17.8. The molecule has 4 rings (SSSR count). The molecule has 0 spiro atoms. The second-order valence-corrected chi connectivity index (χ2v) is 7.26. The Bertz CT molecular complexity index is 883. The maximum atomic E-state index is 13.2. The van der Waals surface area contributed by atoms with E-state index in [2.05, 4.69) is 11.1 Å². The number of hydrogen-bond donors (Lipinski definition) is 2. The van der Waals surface area contributed by atoms with Gasteiger partial charge < -0.3 is 19.7 Å². The van der Waals surface area contributed by atoms with Crippen LogP contribution in [-0.4, -0.2) is 53.2 Å². The lowest BCUT2D eigenvalue weighted by Gasteiger charge is -2.49. The number of carbonyl (C=O) groups is 2. The molecule has 1 fully saturated rings. The standard InChI is InChI=1S/C21H24N2O4/c1-27-20(26)21(17-13-15-5-2-3-7-16(15)22-17)10-4-6-14-8-9-18(25)23(11-12-24)19(14)21/h2-3,5-7,13,19,22,24H,4,8-12H2,1H3/t19-,21-/m0/s1. The highest BCUT2D eigenvalue weighted by molar-refractivity contribution is 5.91. The summed E-state index contributed by atoms with van der Waals surface area (Å²) in [5.41, 5.74) is 1.80. The van der Waals surface area contributed by atoms with E-state index in [4.69, 9.17) is 4.74 Å². The molecule has 0 saturated carbocycles.